The Bertz CT molecular complexity index is 690. The summed E-state index contributed by atoms with van der Waals surface area (Å²) < 4.78 is 28.9. The minimum atomic E-state index is -0.376. The molecule has 0 aliphatic rings. The van der Waals surface area contributed by atoms with E-state index in [9.17, 15) is 9.18 Å². The maximum Gasteiger partial charge on any atom is 0.253 e. The van der Waals surface area contributed by atoms with Crippen LogP contribution in [-0.4, -0.2) is 39.2 Å². The topological polar surface area (TPSA) is 48.0 Å². The lowest BCUT2D eigenvalue weighted by Gasteiger charge is -2.19. The highest BCUT2D eigenvalue weighted by Crippen LogP contribution is 2.38. The minimum Gasteiger partial charge on any atom is -0.493 e. The van der Waals surface area contributed by atoms with Crippen molar-refractivity contribution < 1.29 is 23.4 Å². The Morgan fingerprint density at radius 1 is 1.00 bits per heavy atom. The largest absolute Gasteiger partial charge is 0.493 e. The van der Waals surface area contributed by atoms with Crippen LogP contribution >= 0.6 is 0 Å². The van der Waals surface area contributed by atoms with Gasteiger partial charge in [-0.05, 0) is 42.0 Å². The van der Waals surface area contributed by atoms with E-state index >= 15 is 0 Å². The van der Waals surface area contributed by atoms with Gasteiger partial charge in [0.25, 0.3) is 5.91 Å². The number of carbonyl (C=O) groups excluding carboxylic acids is 1. The number of methoxy groups -OCH3 is 3. The van der Waals surface area contributed by atoms with Crippen molar-refractivity contribution in [3.05, 3.63) is 53.3 Å². The second-order valence-electron chi connectivity index (χ2n) is 5.20. The zero-order valence-electron chi connectivity index (χ0n) is 14.1. The van der Waals surface area contributed by atoms with Crippen molar-refractivity contribution in [3.63, 3.8) is 0 Å². The van der Waals surface area contributed by atoms with E-state index in [-0.39, 0.29) is 11.7 Å². The normalized spacial score (nSPS) is 10.2. The van der Waals surface area contributed by atoms with E-state index in [1.807, 2.05) is 0 Å². The summed E-state index contributed by atoms with van der Waals surface area (Å²) in [6.07, 6.45) is 0. The molecule has 0 saturated carbocycles. The SMILES string of the molecule is COc1cc(CN(C)C(=O)c2ccc(F)cc2)cc(OC)c1OC. The fourth-order valence-corrected chi connectivity index (χ4v) is 2.39. The van der Waals surface area contributed by atoms with E-state index in [0.717, 1.165) is 5.56 Å². The number of amides is 1. The molecule has 0 unspecified atom stereocenters. The number of halogens is 1. The highest BCUT2D eigenvalue weighted by molar-refractivity contribution is 5.94. The maximum atomic E-state index is 13.0. The van der Waals surface area contributed by atoms with Gasteiger partial charge in [-0.1, -0.05) is 0 Å². The van der Waals surface area contributed by atoms with Crippen molar-refractivity contribution in [2.45, 2.75) is 6.54 Å². The molecule has 0 radical (unpaired) electrons. The fourth-order valence-electron chi connectivity index (χ4n) is 2.39. The first-order valence-electron chi connectivity index (χ1n) is 7.30. The number of carbonyl (C=O) groups is 1. The molecule has 0 aromatic heterocycles. The fraction of sp³-hybridized carbons (Fsp3) is 0.278. The van der Waals surface area contributed by atoms with E-state index in [0.29, 0.717) is 29.4 Å². The molecule has 0 aliphatic carbocycles. The molecule has 1 amide bonds. The van der Waals surface area contributed by atoms with Crippen LogP contribution in [0.4, 0.5) is 4.39 Å². The standard InChI is InChI=1S/C18H20FNO4/c1-20(18(21)13-5-7-14(19)8-6-13)11-12-9-15(22-2)17(24-4)16(10-12)23-3/h5-10H,11H2,1-4H3. The summed E-state index contributed by atoms with van der Waals surface area (Å²) in [5.41, 5.74) is 1.24. The van der Waals surface area contributed by atoms with Gasteiger partial charge in [-0.15, -0.1) is 0 Å². The molecular weight excluding hydrogens is 313 g/mol. The van der Waals surface area contributed by atoms with Gasteiger partial charge in [0.2, 0.25) is 5.75 Å². The summed E-state index contributed by atoms with van der Waals surface area (Å²) in [6.45, 7) is 0.340. The third-order valence-electron chi connectivity index (χ3n) is 3.58. The molecule has 2 rings (SSSR count). The zero-order valence-corrected chi connectivity index (χ0v) is 14.1. The van der Waals surface area contributed by atoms with E-state index in [4.69, 9.17) is 14.2 Å². The quantitative estimate of drug-likeness (QED) is 0.815. The lowest BCUT2D eigenvalue weighted by molar-refractivity contribution is 0.0785. The average molecular weight is 333 g/mol. The Morgan fingerprint density at radius 3 is 2.00 bits per heavy atom. The predicted molar refractivity (Wildman–Crippen MR) is 88.3 cm³/mol. The molecule has 128 valence electrons. The molecule has 2 aromatic carbocycles. The van der Waals surface area contributed by atoms with Crippen molar-refractivity contribution >= 4 is 5.91 Å². The summed E-state index contributed by atoms with van der Waals surface area (Å²) in [6, 6.07) is 9.03. The van der Waals surface area contributed by atoms with Gasteiger partial charge in [0.1, 0.15) is 5.82 Å². The lowest BCUT2D eigenvalue weighted by Crippen LogP contribution is -2.26. The van der Waals surface area contributed by atoms with E-state index in [1.165, 1.54) is 50.5 Å². The molecule has 24 heavy (non-hydrogen) atoms. The monoisotopic (exact) mass is 333 g/mol. The molecule has 6 heteroatoms. The molecule has 0 fully saturated rings. The van der Waals surface area contributed by atoms with Crippen LogP contribution in [-0.2, 0) is 6.54 Å². The molecule has 0 aliphatic heterocycles. The van der Waals surface area contributed by atoms with Crippen molar-refractivity contribution in [3.8, 4) is 17.2 Å². The lowest BCUT2D eigenvalue weighted by atomic mass is 10.1. The smallest absolute Gasteiger partial charge is 0.253 e. The van der Waals surface area contributed by atoms with Gasteiger partial charge in [0.05, 0.1) is 21.3 Å². The minimum absolute atomic E-state index is 0.205. The molecule has 0 N–H and O–H groups in total. The van der Waals surface area contributed by atoms with Gasteiger partial charge in [-0.25, -0.2) is 4.39 Å². The van der Waals surface area contributed by atoms with Crippen molar-refractivity contribution in [1.29, 1.82) is 0 Å². The molecule has 0 bridgehead atoms. The van der Waals surface area contributed by atoms with Gasteiger partial charge >= 0.3 is 0 Å². The van der Waals surface area contributed by atoms with Crippen LogP contribution in [0.3, 0.4) is 0 Å². The first-order chi connectivity index (χ1) is 11.5. The van der Waals surface area contributed by atoms with Gasteiger partial charge in [-0.2, -0.15) is 0 Å². The Kier molecular flexibility index (Phi) is 5.63. The molecule has 5 nitrogen and oxygen atoms in total. The first kappa shape index (κ1) is 17.6. The Balaban J connectivity index is 2.23. The second-order valence-corrected chi connectivity index (χ2v) is 5.20. The number of hydrogen-bond acceptors (Lipinski definition) is 4. The molecule has 0 saturated heterocycles. The van der Waals surface area contributed by atoms with E-state index < -0.39 is 0 Å². The molecule has 0 heterocycles. The summed E-state index contributed by atoms with van der Waals surface area (Å²) in [5, 5.41) is 0. The Morgan fingerprint density at radius 2 is 1.54 bits per heavy atom. The molecular formula is C18H20FNO4. The van der Waals surface area contributed by atoms with Crippen LogP contribution in [0, 0.1) is 5.82 Å². The number of nitrogens with zero attached hydrogens (tertiary/aromatic N) is 1. The molecule has 0 atom stereocenters. The summed E-state index contributed by atoms with van der Waals surface area (Å²) in [4.78, 5) is 13.9. The van der Waals surface area contributed by atoms with Gasteiger partial charge in [-0.3, -0.25) is 4.79 Å². The Labute approximate surface area is 140 Å². The van der Waals surface area contributed by atoms with Crippen LogP contribution < -0.4 is 14.2 Å². The van der Waals surface area contributed by atoms with Crippen molar-refractivity contribution in [1.82, 2.24) is 4.90 Å². The van der Waals surface area contributed by atoms with E-state index in [2.05, 4.69) is 0 Å². The summed E-state index contributed by atoms with van der Waals surface area (Å²) in [5.74, 6) is 0.961. The highest BCUT2D eigenvalue weighted by atomic mass is 19.1. The number of rotatable bonds is 6. The number of ether oxygens (including phenoxy) is 3. The van der Waals surface area contributed by atoms with Crippen molar-refractivity contribution in [2.75, 3.05) is 28.4 Å². The van der Waals surface area contributed by atoms with Crippen LogP contribution in [0.2, 0.25) is 0 Å². The van der Waals surface area contributed by atoms with Gasteiger partial charge in [0, 0.05) is 19.2 Å². The number of benzene rings is 2. The zero-order chi connectivity index (χ0) is 17.7. The first-order valence-corrected chi connectivity index (χ1v) is 7.30. The summed E-state index contributed by atoms with van der Waals surface area (Å²) in [7, 11) is 6.28. The Hall–Kier alpha value is -2.76. The molecule has 0 spiro atoms. The third-order valence-corrected chi connectivity index (χ3v) is 3.58. The second kappa shape index (κ2) is 7.68. The number of hydrogen-bond donors (Lipinski definition) is 0. The highest BCUT2D eigenvalue weighted by Gasteiger charge is 2.16. The summed E-state index contributed by atoms with van der Waals surface area (Å²) >= 11 is 0. The molecule has 2 aromatic rings. The van der Waals surface area contributed by atoms with E-state index in [1.54, 1.807) is 19.2 Å². The average Bonchev–Trinajstić information content (AvgIpc) is 2.60. The van der Waals surface area contributed by atoms with Gasteiger partial charge in [0.15, 0.2) is 11.5 Å². The van der Waals surface area contributed by atoms with Crippen LogP contribution in [0.5, 0.6) is 17.2 Å². The van der Waals surface area contributed by atoms with Crippen molar-refractivity contribution in [2.24, 2.45) is 0 Å². The third kappa shape index (κ3) is 3.76. The van der Waals surface area contributed by atoms with Crippen LogP contribution in [0.1, 0.15) is 15.9 Å². The van der Waals surface area contributed by atoms with Crippen LogP contribution in [0.25, 0.3) is 0 Å². The maximum absolute atomic E-state index is 13.0. The van der Waals surface area contributed by atoms with Crippen LogP contribution in [0.15, 0.2) is 36.4 Å². The van der Waals surface area contributed by atoms with Gasteiger partial charge < -0.3 is 19.1 Å². The predicted octanol–water partition coefficient (Wildman–Crippen LogP) is 3.12.